The molecule has 1 aromatic carbocycles. The summed E-state index contributed by atoms with van der Waals surface area (Å²) in [4.78, 5) is 10.6. The summed E-state index contributed by atoms with van der Waals surface area (Å²) in [6.07, 6.45) is 4.07. The zero-order chi connectivity index (χ0) is 12.4. The number of benzene rings is 1. The minimum atomic E-state index is -0.736. The Bertz CT molecular complexity index is 420. The fraction of sp³-hybridized carbons (Fsp3) is 0.500. The number of carbonyl (C=O) groups is 1. The van der Waals surface area contributed by atoms with E-state index in [1.54, 1.807) is 19.1 Å². The molecule has 0 unspecified atom stereocenters. The molecule has 1 saturated carbocycles. The Morgan fingerprint density at radius 2 is 1.76 bits per heavy atom. The molecule has 3 heteroatoms. The molecule has 0 aliphatic heterocycles. The molecule has 0 bridgehead atoms. The normalized spacial score (nSPS) is 24.6. The van der Waals surface area contributed by atoms with E-state index in [0.29, 0.717) is 11.1 Å². The summed E-state index contributed by atoms with van der Waals surface area (Å²) < 4.78 is 27.2. The third-order valence-corrected chi connectivity index (χ3v) is 3.71. The fourth-order valence-electron chi connectivity index (χ4n) is 2.54. The number of aryl methyl sites for hydroxylation is 1. The van der Waals surface area contributed by atoms with Gasteiger partial charge in [0, 0.05) is 5.92 Å². The van der Waals surface area contributed by atoms with Crippen LogP contribution in [0.3, 0.4) is 0 Å². The van der Waals surface area contributed by atoms with Gasteiger partial charge in [-0.3, -0.25) is 0 Å². The van der Waals surface area contributed by atoms with Crippen LogP contribution in [0.25, 0.3) is 0 Å². The summed E-state index contributed by atoms with van der Waals surface area (Å²) in [7, 11) is 0. The highest BCUT2D eigenvalue weighted by atomic mass is 19.2. The van der Waals surface area contributed by atoms with Gasteiger partial charge < -0.3 is 4.79 Å². The fourth-order valence-corrected chi connectivity index (χ4v) is 2.54. The molecule has 0 saturated heterocycles. The molecule has 1 aromatic rings. The molecular weight excluding hydrogens is 222 g/mol. The highest BCUT2D eigenvalue weighted by molar-refractivity contribution is 5.53. The Hall–Kier alpha value is -1.25. The van der Waals surface area contributed by atoms with E-state index in [0.717, 1.165) is 32.0 Å². The largest absolute Gasteiger partial charge is 0.303 e. The van der Waals surface area contributed by atoms with Crippen LogP contribution in [0.15, 0.2) is 12.1 Å². The molecule has 0 amide bonds. The van der Waals surface area contributed by atoms with Gasteiger partial charge in [0.15, 0.2) is 11.6 Å². The van der Waals surface area contributed by atoms with Crippen molar-refractivity contribution < 1.29 is 13.6 Å². The van der Waals surface area contributed by atoms with Gasteiger partial charge in [0.1, 0.15) is 6.29 Å². The van der Waals surface area contributed by atoms with Crippen LogP contribution in [0.5, 0.6) is 0 Å². The summed E-state index contributed by atoms with van der Waals surface area (Å²) in [5.41, 5.74) is 0.810. The molecule has 0 N–H and O–H groups in total. The number of aldehydes is 1. The minimum absolute atomic E-state index is 0.0568. The van der Waals surface area contributed by atoms with Crippen molar-refractivity contribution in [3.63, 3.8) is 0 Å². The first-order valence-electron chi connectivity index (χ1n) is 6.03. The van der Waals surface area contributed by atoms with Crippen molar-refractivity contribution in [1.29, 1.82) is 0 Å². The Labute approximate surface area is 99.8 Å². The summed E-state index contributed by atoms with van der Waals surface area (Å²) in [6.45, 7) is 1.56. The van der Waals surface area contributed by atoms with Crippen LogP contribution in [-0.2, 0) is 4.79 Å². The molecule has 2 rings (SSSR count). The van der Waals surface area contributed by atoms with Crippen molar-refractivity contribution >= 4 is 6.29 Å². The van der Waals surface area contributed by atoms with E-state index in [1.807, 2.05) is 0 Å². The number of carbonyl (C=O) groups excluding carboxylic acids is 1. The van der Waals surface area contributed by atoms with Gasteiger partial charge >= 0.3 is 0 Å². The van der Waals surface area contributed by atoms with E-state index < -0.39 is 11.6 Å². The van der Waals surface area contributed by atoms with Crippen LogP contribution >= 0.6 is 0 Å². The Kier molecular flexibility index (Phi) is 3.55. The van der Waals surface area contributed by atoms with Gasteiger partial charge in [0.25, 0.3) is 0 Å². The van der Waals surface area contributed by atoms with Crippen LogP contribution in [0.4, 0.5) is 8.78 Å². The van der Waals surface area contributed by atoms with Gasteiger partial charge in [0.2, 0.25) is 0 Å². The number of rotatable bonds is 2. The lowest BCUT2D eigenvalue weighted by Crippen LogP contribution is -2.15. The molecule has 0 radical (unpaired) electrons. The second-order valence-corrected chi connectivity index (χ2v) is 4.85. The highest BCUT2D eigenvalue weighted by Crippen LogP contribution is 2.36. The van der Waals surface area contributed by atoms with Crippen molar-refractivity contribution in [1.82, 2.24) is 0 Å². The van der Waals surface area contributed by atoms with Gasteiger partial charge in [-0.2, -0.15) is 0 Å². The zero-order valence-electron chi connectivity index (χ0n) is 9.88. The van der Waals surface area contributed by atoms with Crippen LogP contribution in [0.2, 0.25) is 0 Å². The molecule has 1 fully saturated rings. The predicted octanol–water partition coefficient (Wildman–Crippen LogP) is 3.75. The van der Waals surface area contributed by atoms with E-state index in [1.165, 1.54) is 0 Å². The Morgan fingerprint density at radius 1 is 1.12 bits per heavy atom. The average Bonchev–Trinajstić information content (AvgIpc) is 2.36. The lowest BCUT2D eigenvalue weighted by molar-refractivity contribution is -0.111. The number of hydrogen-bond donors (Lipinski definition) is 0. The minimum Gasteiger partial charge on any atom is -0.303 e. The molecule has 92 valence electrons. The first-order chi connectivity index (χ1) is 8.13. The quantitative estimate of drug-likeness (QED) is 0.717. The molecule has 1 aliphatic rings. The van der Waals surface area contributed by atoms with E-state index >= 15 is 0 Å². The van der Waals surface area contributed by atoms with Crippen molar-refractivity contribution in [2.45, 2.75) is 38.5 Å². The van der Waals surface area contributed by atoms with E-state index in [-0.39, 0.29) is 11.8 Å². The lowest BCUT2D eigenvalue weighted by Gasteiger charge is -2.26. The maximum Gasteiger partial charge on any atom is 0.162 e. The number of hydrogen-bond acceptors (Lipinski definition) is 1. The smallest absolute Gasteiger partial charge is 0.162 e. The van der Waals surface area contributed by atoms with Crippen molar-refractivity contribution in [2.75, 3.05) is 0 Å². The zero-order valence-corrected chi connectivity index (χ0v) is 9.88. The molecule has 0 atom stereocenters. The van der Waals surface area contributed by atoms with Crippen LogP contribution in [-0.4, -0.2) is 6.29 Å². The monoisotopic (exact) mass is 238 g/mol. The molecule has 0 aromatic heterocycles. The predicted molar refractivity (Wildman–Crippen MR) is 61.9 cm³/mol. The van der Waals surface area contributed by atoms with Crippen LogP contribution < -0.4 is 0 Å². The number of halogens is 2. The molecular formula is C14H16F2O. The third-order valence-electron chi connectivity index (χ3n) is 3.71. The van der Waals surface area contributed by atoms with Crippen molar-refractivity contribution in [3.05, 3.63) is 34.9 Å². The summed E-state index contributed by atoms with van der Waals surface area (Å²) >= 11 is 0. The Balaban J connectivity index is 2.19. The highest BCUT2D eigenvalue weighted by Gasteiger charge is 2.25. The van der Waals surface area contributed by atoms with E-state index in [9.17, 15) is 13.6 Å². The average molecular weight is 238 g/mol. The van der Waals surface area contributed by atoms with Crippen molar-refractivity contribution in [3.8, 4) is 0 Å². The first kappa shape index (κ1) is 12.2. The second-order valence-electron chi connectivity index (χ2n) is 4.85. The molecule has 0 spiro atoms. The van der Waals surface area contributed by atoms with Crippen LogP contribution in [0, 0.1) is 24.5 Å². The summed E-state index contributed by atoms with van der Waals surface area (Å²) in [6, 6.07) is 3.30. The standard InChI is InChI=1S/C14H16F2O/c1-9-2-7-12(14(16)13(9)15)11-5-3-10(8-17)4-6-11/h2,7-8,10-11H,3-6H2,1H3. The van der Waals surface area contributed by atoms with Gasteiger partial charge in [-0.15, -0.1) is 0 Å². The molecule has 0 heterocycles. The van der Waals surface area contributed by atoms with Gasteiger partial charge in [-0.05, 0) is 49.7 Å². The maximum absolute atomic E-state index is 13.8. The molecule has 1 aliphatic carbocycles. The maximum atomic E-state index is 13.8. The van der Waals surface area contributed by atoms with E-state index in [4.69, 9.17) is 0 Å². The summed E-state index contributed by atoms with van der Waals surface area (Å²) in [5.74, 6) is -1.29. The van der Waals surface area contributed by atoms with Gasteiger partial charge in [0.05, 0.1) is 0 Å². The third kappa shape index (κ3) is 2.38. The SMILES string of the molecule is Cc1ccc(C2CCC(C=O)CC2)c(F)c1F. The molecule has 1 nitrogen and oxygen atoms in total. The van der Waals surface area contributed by atoms with E-state index in [2.05, 4.69) is 0 Å². The summed E-state index contributed by atoms with van der Waals surface area (Å²) in [5, 5.41) is 0. The van der Waals surface area contributed by atoms with Crippen LogP contribution in [0.1, 0.15) is 42.7 Å². The molecule has 17 heavy (non-hydrogen) atoms. The van der Waals surface area contributed by atoms with Gasteiger partial charge in [-0.25, -0.2) is 8.78 Å². The first-order valence-corrected chi connectivity index (χ1v) is 6.03. The lowest BCUT2D eigenvalue weighted by atomic mass is 9.79. The van der Waals surface area contributed by atoms with Gasteiger partial charge in [-0.1, -0.05) is 12.1 Å². The Morgan fingerprint density at radius 3 is 2.35 bits per heavy atom. The topological polar surface area (TPSA) is 17.1 Å². The second kappa shape index (κ2) is 4.94. The van der Waals surface area contributed by atoms with Crippen molar-refractivity contribution in [2.24, 2.45) is 5.92 Å².